The molecule has 3 nitrogen and oxygen atoms in total. The lowest BCUT2D eigenvalue weighted by molar-refractivity contribution is -0.133. The molecule has 1 saturated heterocycles. The molecule has 74 valence electrons. The molecule has 13 heavy (non-hydrogen) atoms. The van der Waals surface area contributed by atoms with Gasteiger partial charge in [-0.15, -0.1) is 0 Å². The van der Waals surface area contributed by atoms with Gasteiger partial charge in [0.05, 0.1) is 4.99 Å². The van der Waals surface area contributed by atoms with Crippen molar-refractivity contribution in [2.24, 2.45) is 11.7 Å². The summed E-state index contributed by atoms with van der Waals surface area (Å²) in [5.41, 5.74) is 5.39. The summed E-state index contributed by atoms with van der Waals surface area (Å²) in [4.78, 5) is 14.0. The van der Waals surface area contributed by atoms with Crippen LogP contribution in [0.25, 0.3) is 0 Å². The second kappa shape index (κ2) is 4.56. The SMILES string of the molecule is CC(CC(N)=S)C(=O)N1CCCC1. The number of hydrogen-bond donors (Lipinski definition) is 1. The third kappa shape index (κ3) is 2.95. The number of amides is 1. The molecule has 4 heteroatoms. The van der Waals surface area contributed by atoms with Crippen LogP contribution in [0.4, 0.5) is 0 Å². The Bertz CT molecular complexity index is 212. The molecule has 0 aromatic rings. The summed E-state index contributed by atoms with van der Waals surface area (Å²) in [6, 6.07) is 0. The fourth-order valence-electron chi connectivity index (χ4n) is 1.64. The first-order valence-corrected chi connectivity index (χ1v) is 5.09. The van der Waals surface area contributed by atoms with E-state index in [1.807, 2.05) is 11.8 Å². The molecule has 2 N–H and O–H groups in total. The molecule has 0 spiro atoms. The maximum Gasteiger partial charge on any atom is 0.225 e. The predicted molar refractivity (Wildman–Crippen MR) is 56.4 cm³/mol. The van der Waals surface area contributed by atoms with Crippen molar-refractivity contribution in [2.75, 3.05) is 13.1 Å². The van der Waals surface area contributed by atoms with Crippen molar-refractivity contribution >= 4 is 23.1 Å². The molecule has 1 heterocycles. The minimum absolute atomic E-state index is 0.0457. The van der Waals surface area contributed by atoms with Crippen molar-refractivity contribution in [3.05, 3.63) is 0 Å². The van der Waals surface area contributed by atoms with Crippen LogP contribution in [0.1, 0.15) is 26.2 Å². The standard InChI is InChI=1S/C9H16N2OS/c1-7(6-8(10)13)9(12)11-4-2-3-5-11/h7H,2-6H2,1H3,(H2,10,13). The zero-order chi connectivity index (χ0) is 9.84. The highest BCUT2D eigenvalue weighted by Crippen LogP contribution is 2.13. The third-order valence-electron chi connectivity index (χ3n) is 2.35. The molecule has 1 atom stereocenters. The summed E-state index contributed by atoms with van der Waals surface area (Å²) < 4.78 is 0. The van der Waals surface area contributed by atoms with E-state index in [1.54, 1.807) is 0 Å². The summed E-state index contributed by atoms with van der Waals surface area (Å²) >= 11 is 4.77. The van der Waals surface area contributed by atoms with Crippen LogP contribution >= 0.6 is 12.2 Å². The number of likely N-dealkylation sites (tertiary alicyclic amines) is 1. The van der Waals surface area contributed by atoms with E-state index >= 15 is 0 Å². The van der Waals surface area contributed by atoms with Gasteiger partial charge in [0, 0.05) is 25.4 Å². The molecule has 0 aliphatic carbocycles. The van der Waals surface area contributed by atoms with Gasteiger partial charge < -0.3 is 10.6 Å². The zero-order valence-electron chi connectivity index (χ0n) is 7.95. The Morgan fingerprint density at radius 1 is 1.54 bits per heavy atom. The minimum atomic E-state index is -0.0457. The van der Waals surface area contributed by atoms with Gasteiger partial charge in [-0.05, 0) is 12.8 Å². The largest absolute Gasteiger partial charge is 0.393 e. The van der Waals surface area contributed by atoms with Crippen LogP contribution in [-0.4, -0.2) is 28.9 Å². The second-order valence-corrected chi connectivity index (χ2v) is 4.13. The first-order chi connectivity index (χ1) is 6.11. The average Bonchev–Trinajstić information content (AvgIpc) is 2.53. The van der Waals surface area contributed by atoms with E-state index in [-0.39, 0.29) is 11.8 Å². The first kappa shape index (κ1) is 10.4. The molecule has 1 rings (SSSR count). The number of carbonyl (C=O) groups is 1. The third-order valence-corrected chi connectivity index (χ3v) is 2.51. The lowest BCUT2D eigenvalue weighted by Gasteiger charge is -2.19. The van der Waals surface area contributed by atoms with Crippen LogP contribution < -0.4 is 5.73 Å². The summed E-state index contributed by atoms with van der Waals surface area (Å²) in [6.07, 6.45) is 2.79. The minimum Gasteiger partial charge on any atom is -0.393 e. The first-order valence-electron chi connectivity index (χ1n) is 4.68. The Hall–Kier alpha value is -0.640. The summed E-state index contributed by atoms with van der Waals surface area (Å²) in [5.74, 6) is 0.154. The molecular formula is C9H16N2OS. The summed E-state index contributed by atoms with van der Waals surface area (Å²) in [7, 11) is 0. The van der Waals surface area contributed by atoms with E-state index < -0.39 is 0 Å². The topological polar surface area (TPSA) is 46.3 Å². The predicted octanol–water partition coefficient (Wildman–Crippen LogP) is 0.921. The monoisotopic (exact) mass is 200 g/mol. The van der Waals surface area contributed by atoms with E-state index in [4.69, 9.17) is 18.0 Å². The van der Waals surface area contributed by atoms with Gasteiger partial charge >= 0.3 is 0 Å². The van der Waals surface area contributed by atoms with Crippen molar-refractivity contribution in [3.63, 3.8) is 0 Å². The normalized spacial score (nSPS) is 18.7. The molecule has 0 aromatic heterocycles. The van der Waals surface area contributed by atoms with E-state index in [9.17, 15) is 4.79 Å². The van der Waals surface area contributed by atoms with Gasteiger partial charge in [-0.3, -0.25) is 4.79 Å². The molecule has 0 bridgehead atoms. The quantitative estimate of drug-likeness (QED) is 0.689. The highest BCUT2D eigenvalue weighted by molar-refractivity contribution is 7.80. The Morgan fingerprint density at radius 2 is 2.08 bits per heavy atom. The maximum absolute atomic E-state index is 11.7. The molecule has 0 aromatic carbocycles. The highest BCUT2D eigenvalue weighted by atomic mass is 32.1. The number of nitrogens with two attached hydrogens (primary N) is 1. The summed E-state index contributed by atoms with van der Waals surface area (Å²) in [5, 5.41) is 0. The molecule has 1 unspecified atom stereocenters. The van der Waals surface area contributed by atoms with E-state index in [0.717, 1.165) is 25.9 Å². The Labute approximate surface area is 84.3 Å². The Balaban J connectivity index is 2.41. The Morgan fingerprint density at radius 3 is 2.54 bits per heavy atom. The molecule has 0 saturated carbocycles. The molecule has 1 aliphatic rings. The fourth-order valence-corrected chi connectivity index (χ4v) is 1.89. The summed E-state index contributed by atoms with van der Waals surface area (Å²) in [6.45, 7) is 3.70. The van der Waals surface area contributed by atoms with E-state index in [0.29, 0.717) is 11.4 Å². The Kier molecular flexibility index (Phi) is 3.66. The van der Waals surface area contributed by atoms with Crippen LogP contribution in [-0.2, 0) is 4.79 Å². The van der Waals surface area contributed by atoms with Gasteiger partial charge in [0.25, 0.3) is 0 Å². The second-order valence-electron chi connectivity index (χ2n) is 3.60. The molecule has 1 amide bonds. The van der Waals surface area contributed by atoms with Crippen LogP contribution in [0.3, 0.4) is 0 Å². The van der Waals surface area contributed by atoms with Gasteiger partial charge in [-0.1, -0.05) is 19.1 Å². The van der Waals surface area contributed by atoms with Crippen molar-refractivity contribution in [1.82, 2.24) is 4.90 Å². The number of carbonyl (C=O) groups excluding carboxylic acids is 1. The highest BCUT2D eigenvalue weighted by Gasteiger charge is 2.23. The van der Waals surface area contributed by atoms with Gasteiger partial charge in [0.2, 0.25) is 5.91 Å². The molecule has 1 aliphatic heterocycles. The fraction of sp³-hybridized carbons (Fsp3) is 0.778. The van der Waals surface area contributed by atoms with Crippen LogP contribution in [0.2, 0.25) is 0 Å². The van der Waals surface area contributed by atoms with Crippen molar-refractivity contribution in [3.8, 4) is 0 Å². The number of thiocarbonyl (C=S) groups is 1. The number of hydrogen-bond acceptors (Lipinski definition) is 2. The van der Waals surface area contributed by atoms with Crippen molar-refractivity contribution in [1.29, 1.82) is 0 Å². The van der Waals surface area contributed by atoms with E-state index in [2.05, 4.69) is 0 Å². The van der Waals surface area contributed by atoms with Gasteiger partial charge in [-0.25, -0.2) is 0 Å². The number of rotatable bonds is 3. The van der Waals surface area contributed by atoms with Crippen LogP contribution in [0, 0.1) is 5.92 Å². The molecular weight excluding hydrogens is 184 g/mol. The average molecular weight is 200 g/mol. The molecule has 0 radical (unpaired) electrons. The molecule has 1 fully saturated rings. The zero-order valence-corrected chi connectivity index (χ0v) is 8.77. The van der Waals surface area contributed by atoms with E-state index in [1.165, 1.54) is 0 Å². The smallest absolute Gasteiger partial charge is 0.225 e. The van der Waals surface area contributed by atoms with Gasteiger partial charge in [0.15, 0.2) is 0 Å². The van der Waals surface area contributed by atoms with Crippen LogP contribution in [0.5, 0.6) is 0 Å². The lowest BCUT2D eigenvalue weighted by atomic mass is 10.1. The van der Waals surface area contributed by atoms with Crippen molar-refractivity contribution < 1.29 is 4.79 Å². The van der Waals surface area contributed by atoms with Crippen LogP contribution in [0.15, 0.2) is 0 Å². The lowest BCUT2D eigenvalue weighted by Crippen LogP contribution is -2.34. The maximum atomic E-state index is 11.7. The number of nitrogens with zero attached hydrogens (tertiary/aromatic N) is 1. The van der Waals surface area contributed by atoms with Gasteiger partial charge in [0.1, 0.15) is 0 Å². The van der Waals surface area contributed by atoms with Gasteiger partial charge in [-0.2, -0.15) is 0 Å². The van der Waals surface area contributed by atoms with Crippen molar-refractivity contribution in [2.45, 2.75) is 26.2 Å².